The average molecular weight is 544 g/mol. The monoisotopic (exact) mass is 543 g/mol. The van der Waals surface area contributed by atoms with Crippen LogP contribution in [-0.4, -0.2) is 69.8 Å². The van der Waals surface area contributed by atoms with Gasteiger partial charge in [0.05, 0.1) is 41.6 Å². The Hall–Kier alpha value is -4.00. The van der Waals surface area contributed by atoms with E-state index in [2.05, 4.69) is 15.0 Å². The van der Waals surface area contributed by atoms with Crippen molar-refractivity contribution in [2.24, 2.45) is 0 Å². The Labute approximate surface area is 220 Å². The lowest BCUT2D eigenvalue weighted by Gasteiger charge is -2.33. The maximum absolute atomic E-state index is 13.1. The number of hydrogen-bond donors (Lipinski definition) is 0. The highest BCUT2D eigenvalue weighted by Gasteiger charge is 2.43. The largest absolute Gasteiger partial charge is 0.486 e. The van der Waals surface area contributed by atoms with E-state index < -0.39 is 23.7 Å². The van der Waals surface area contributed by atoms with Crippen LogP contribution in [0.15, 0.2) is 43.0 Å². The van der Waals surface area contributed by atoms with Crippen molar-refractivity contribution in [3.05, 3.63) is 48.5 Å². The van der Waals surface area contributed by atoms with Crippen LogP contribution in [0.5, 0.6) is 11.6 Å². The molecule has 3 fully saturated rings. The summed E-state index contributed by atoms with van der Waals surface area (Å²) in [5.74, 6) is 0.685. The number of ether oxygens (including phenoxy) is 3. The molecule has 6 rings (SSSR count). The van der Waals surface area contributed by atoms with Crippen LogP contribution in [0.3, 0.4) is 0 Å². The number of aromatic nitrogens is 3. The maximum atomic E-state index is 13.1. The van der Waals surface area contributed by atoms with Crippen molar-refractivity contribution in [3.8, 4) is 11.6 Å². The first-order valence-corrected chi connectivity index (χ1v) is 12.6. The zero-order valence-corrected chi connectivity index (χ0v) is 20.6. The standard InChI is InChI=1S/C26H24F3N5O5/c27-26(28,29)15-7-17(10-30-9-15)33-11-23(35)34(25(33)36)16-1-3-18(4-2-16)39-24-21-6-5-19(38-20-12-37-13-20)8-22(21)31-14-32-24/h5-10,14,16,18,20H,1-4,11-13H2. The molecule has 13 heteroatoms. The second-order valence-electron chi connectivity index (χ2n) is 9.75. The van der Waals surface area contributed by atoms with E-state index in [-0.39, 0.29) is 30.5 Å². The van der Waals surface area contributed by atoms with Gasteiger partial charge < -0.3 is 14.2 Å². The number of urea groups is 1. The van der Waals surface area contributed by atoms with Crippen LogP contribution < -0.4 is 14.4 Å². The van der Waals surface area contributed by atoms with E-state index in [4.69, 9.17) is 14.2 Å². The number of imide groups is 1. The molecule has 2 saturated heterocycles. The average Bonchev–Trinajstić information content (AvgIpc) is 3.20. The molecule has 39 heavy (non-hydrogen) atoms. The van der Waals surface area contributed by atoms with E-state index in [1.165, 1.54) is 6.33 Å². The van der Waals surface area contributed by atoms with Gasteiger partial charge in [-0.2, -0.15) is 13.2 Å². The van der Waals surface area contributed by atoms with Gasteiger partial charge in [0.2, 0.25) is 5.88 Å². The fourth-order valence-electron chi connectivity index (χ4n) is 5.04. The highest BCUT2D eigenvalue weighted by atomic mass is 19.4. The van der Waals surface area contributed by atoms with Crippen molar-refractivity contribution >= 4 is 28.5 Å². The van der Waals surface area contributed by atoms with Crippen LogP contribution in [0.1, 0.15) is 31.2 Å². The summed E-state index contributed by atoms with van der Waals surface area (Å²) in [7, 11) is 0. The number of anilines is 1. The highest BCUT2D eigenvalue weighted by molar-refractivity contribution is 6.12. The number of fused-ring (bicyclic) bond motifs is 1. The van der Waals surface area contributed by atoms with Gasteiger partial charge in [-0.25, -0.2) is 14.8 Å². The number of alkyl halides is 3. The fourth-order valence-corrected chi connectivity index (χ4v) is 5.04. The molecule has 2 aliphatic heterocycles. The molecule has 0 N–H and O–H groups in total. The second-order valence-corrected chi connectivity index (χ2v) is 9.75. The molecule has 204 valence electrons. The van der Waals surface area contributed by atoms with Crippen molar-refractivity contribution in [2.45, 2.75) is 50.1 Å². The quantitative estimate of drug-likeness (QED) is 0.430. The number of rotatable bonds is 6. The zero-order valence-electron chi connectivity index (χ0n) is 20.6. The first kappa shape index (κ1) is 25.3. The lowest BCUT2D eigenvalue weighted by molar-refractivity contribution is -0.137. The molecule has 1 saturated carbocycles. The molecule has 0 unspecified atom stereocenters. The first-order valence-electron chi connectivity index (χ1n) is 12.6. The van der Waals surface area contributed by atoms with E-state index >= 15 is 0 Å². The smallest absolute Gasteiger partial charge is 0.417 e. The van der Waals surface area contributed by atoms with E-state index in [9.17, 15) is 22.8 Å². The molecule has 4 heterocycles. The number of carbonyl (C=O) groups is 2. The van der Waals surface area contributed by atoms with Crippen LogP contribution in [0.25, 0.3) is 10.9 Å². The highest BCUT2D eigenvalue weighted by Crippen LogP contribution is 2.35. The minimum absolute atomic E-state index is 0.0401. The lowest BCUT2D eigenvalue weighted by atomic mass is 9.92. The SMILES string of the molecule is O=C1CN(c2cncc(C(F)(F)F)c2)C(=O)N1C1CCC(Oc2ncnc3cc(OC4COC4)ccc23)CC1. The predicted octanol–water partition coefficient (Wildman–Crippen LogP) is 3.98. The Morgan fingerprint density at radius 3 is 2.46 bits per heavy atom. The van der Waals surface area contributed by atoms with Gasteiger partial charge in [0.15, 0.2) is 0 Å². The Kier molecular flexibility index (Phi) is 6.45. The van der Waals surface area contributed by atoms with Crippen molar-refractivity contribution in [3.63, 3.8) is 0 Å². The van der Waals surface area contributed by atoms with Crippen molar-refractivity contribution in [1.29, 1.82) is 0 Å². The van der Waals surface area contributed by atoms with Gasteiger partial charge in [0.25, 0.3) is 5.91 Å². The van der Waals surface area contributed by atoms with Gasteiger partial charge in [-0.15, -0.1) is 0 Å². The summed E-state index contributed by atoms with van der Waals surface area (Å²) in [6.07, 6.45) is 0.659. The van der Waals surface area contributed by atoms with Crippen molar-refractivity contribution < 1.29 is 37.0 Å². The van der Waals surface area contributed by atoms with Gasteiger partial charge in [0.1, 0.15) is 30.8 Å². The number of carbonyl (C=O) groups excluding carboxylic acids is 2. The molecular formula is C26H24F3N5O5. The number of hydrogen-bond acceptors (Lipinski definition) is 8. The minimum Gasteiger partial charge on any atom is -0.486 e. The molecule has 10 nitrogen and oxygen atoms in total. The predicted molar refractivity (Wildman–Crippen MR) is 130 cm³/mol. The Bertz CT molecular complexity index is 1410. The van der Waals surface area contributed by atoms with Gasteiger partial charge >= 0.3 is 12.2 Å². The minimum atomic E-state index is -4.61. The summed E-state index contributed by atoms with van der Waals surface area (Å²) in [5.41, 5.74) is -0.359. The van der Waals surface area contributed by atoms with Gasteiger partial charge in [-0.1, -0.05) is 0 Å². The topological polar surface area (TPSA) is 107 Å². The van der Waals surface area contributed by atoms with Gasteiger partial charge in [-0.05, 0) is 43.9 Å². The van der Waals surface area contributed by atoms with Crippen LogP contribution in [-0.2, 0) is 15.7 Å². The number of nitrogens with zero attached hydrogens (tertiary/aromatic N) is 5. The summed E-state index contributed by atoms with van der Waals surface area (Å²) in [5, 5.41) is 0.743. The Morgan fingerprint density at radius 1 is 0.949 bits per heavy atom. The van der Waals surface area contributed by atoms with Gasteiger partial charge in [-0.3, -0.25) is 19.6 Å². The molecule has 3 amide bonds. The second kappa shape index (κ2) is 9.95. The van der Waals surface area contributed by atoms with Crippen LogP contribution in [0.4, 0.5) is 23.7 Å². The number of amides is 3. The van der Waals surface area contributed by atoms with Gasteiger partial charge in [0, 0.05) is 18.3 Å². The van der Waals surface area contributed by atoms with Crippen LogP contribution >= 0.6 is 0 Å². The Balaban J connectivity index is 1.09. The normalized spacial score (nSPS) is 22.3. The summed E-state index contributed by atoms with van der Waals surface area (Å²) in [4.78, 5) is 40.2. The zero-order chi connectivity index (χ0) is 27.1. The van der Waals surface area contributed by atoms with Crippen LogP contribution in [0.2, 0.25) is 0 Å². The fraction of sp³-hybridized carbons (Fsp3) is 0.423. The Morgan fingerprint density at radius 2 is 1.74 bits per heavy atom. The molecule has 0 spiro atoms. The van der Waals surface area contributed by atoms with E-state index in [0.717, 1.165) is 27.4 Å². The first-order chi connectivity index (χ1) is 18.8. The molecular weight excluding hydrogens is 519 g/mol. The number of pyridine rings is 1. The third kappa shape index (κ3) is 5.05. The molecule has 1 aromatic carbocycles. The maximum Gasteiger partial charge on any atom is 0.417 e. The molecule has 1 aliphatic carbocycles. The molecule has 3 aliphatic rings. The van der Waals surface area contributed by atoms with E-state index in [1.54, 1.807) is 0 Å². The molecule has 0 bridgehead atoms. The van der Waals surface area contributed by atoms with Crippen molar-refractivity contribution in [1.82, 2.24) is 19.9 Å². The molecule has 2 aromatic heterocycles. The third-order valence-corrected chi connectivity index (χ3v) is 7.13. The van der Waals surface area contributed by atoms with Crippen LogP contribution in [0, 0.1) is 0 Å². The summed E-state index contributed by atoms with van der Waals surface area (Å²) in [6.45, 7) is 0.798. The number of halogens is 3. The molecule has 0 atom stereocenters. The number of benzene rings is 1. The lowest BCUT2D eigenvalue weighted by Crippen LogP contribution is -2.44. The van der Waals surface area contributed by atoms with Crippen molar-refractivity contribution in [2.75, 3.05) is 24.7 Å². The third-order valence-electron chi connectivity index (χ3n) is 7.13. The van der Waals surface area contributed by atoms with E-state index in [1.807, 2.05) is 18.2 Å². The molecule has 0 radical (unpaired) electrons. The summed E-state index contributed by atoms with van der Waals surface area (Å²) >= 11 is 0. The van der Waals surface area contributed by atoms with E-state index in [0.29, 0.717) is 62.2 Å². The summed E-state index contributed by atoms with van der Waals surface area (Å²) in [6, 6.07) is 5.34. The summed E-state index contributed by atoms with van der Waals surface area (Å²) < 4.78 is 56.5. The molecule has 3 aromatic rings.